The van der Waals surface area contributed by atoms with E-state index in [1.807, 2.05) is 0 Å². The predicted molar refractivity (Wildman–Crippen MR) is 82.5 cm³/mol. The molecular weight excluding hydrogens is 290 g/mol. The molecule has 1 aliphatic rings. The van der Waals surface area contributed by atoms with E-state index in [1.165, 1.54) is 6.26 Å². The molecule has 0 aliphatic carbocycles. The number of nitrogens with one attached hydrogen (secondary N) is 1. The first-order chi connectivity index (χ1) is 10.0. The minimum absolute atomic E-state index is 0.275. The van der Waals surface area contributed by atoms with Gasteiger partial charge in [0.1, 0.15) is 10.7 Å². The van der Waals surface area contributed by atoms with Crippen LogP contribution in [0.2, 0.25) is 0 Å². The molecule has 7 heteroatoms. The average molecular weight is 313 g/mol. The zero-order chi connectivity index (χ0) is 15.3. The fourth-order valence-corrected chi connectivity index (χ4v) is 3.48. The topological polar surface area (TPSA) is 71.5 Å². The van der Waals surface area contributed by atoms with Crippen molar-refractivity contribution in [2.75, 3.05) is 44.5 Å². The molecule has 21 heavy (non-hydrogen) atoms. The van der Waals surface area contributed by atoms with Crippen LogP contribution in [-0.2, 0) is 14.6 Å². The summed E-state index contributed by atoms with van der Waals surface area (Å²) in [6.45, 7) is 3.12. The summed E-state index contributed by atoms with van der Waals surface area (Å²) in [7, 11) is -1.59. The van der Waals surface area contributed by atoms with Crippen molar-refractivity contribution < 1.29 is 13.2 Å². The van der Waals surface area contributed by atoms with Crippen LogP contribution in [-0.4, -0.2) is 59.1 Å². The summed E-state index contributed by atoms with van der Waals surface area (Å²) in [5.74, 6) is 0.580. The number of methoxy groups -OCH3 is 1. The van der Waals surface area contributed by atoms with E-state index in [0.717, 1.165) is 32.5 Å². The summed E-state index contributed by atoms with van der Waals surface area (Å²) in [5.41, 5.74) is 0. The van der Waals surface area contributed by atoms with Crippen molar-refractivity contribution >= 4 is 15.7 Å². The fourth-order valence-electron chi connectivity index (χ4n) is 2.66. The normalized spacial score (nSPS) is 19.1. The third-order valence-electron chi connectivity index (χ3n) is 3.66. The quantitative estimate of drug-likeness (QED) is 0.747. The molecule has 1 aromatic heterocycles. The summed E-state index contributed by atoms with van der Waals surface area (Å²) < 4.78 is 28.8. The van der Waals surface area contributed by atoms with E-state index in [4.69, 9.17) is 4.74 Å². The number of aromatic nitrogens is 1. The van der Waals surface area contributed by atoms with Gasteiger partial charge in [0, 0.05) is 45.2 Å². The zero-order valence-corrected chi connectivity index (χ0v) is 13.4. The number of anilines is 1. The number of ether oxygens (including phenoxy) is 1. The van der Waals surface area contributed by atoms with Crippen LogP contribution in [0.3, 0.4) is 0 Å². The summed E-state index contributed by atoms with van der Waals surface area (Å²) in [4.78, 5) is 6.74. The molecule has 1 aromatic rings. The Bertz CT molecular complexity index is 562. The monoisotopic (exact) mass is 313 g/mol. The molecule has 0 radical (unpaired) electrons. The second-order valence-corrected chi connectivity index (χ2v) is 7.27. The molecule has 0 saturated carbocycles. The van der Waals surface area contributed by atoms with Gasteiger partial charge >= 0.3 is 0 Å². The van der Waals surface area contributed by atoms with Gasteiger partial charge in [-0.05, 0) is 25.0 Å². The second-order valence-electron chi connectivity index (χ2n) is 5.28. The maximum atomic E-state index is 11.9. The highest BCUT2D eigenvalue weighted by molar-refractivity contribution is 7.90. The van der Waals surface area contributed by atoms with E-state index in [-0.39, 0.29) is 6.04 Å². The van der Waals surface area contributed by atoms with Gasteiger partial charge in [0.2, 0.25) is 0 Å². The van der Waals surface area contributed by atoms with Crippen molar-refractivity contribution in [3.05, 3.63) is 18.3 Å². The Morgan fingerprint density at radius 2 is 2.33 bits per heavy atom. The van der Waals surface area contributed by atoms with Gasteiger partial charge in [0.05, 0.1) is 6.61 Å². The van der Waals surface area contributed by atoms with Gasteiger partial charge in [0.15, 0.2) is 9.84 Å². The number of rotatable bonds is 7. The Balaban J connectivity index is 2.13. The Morgan fingerprint density at radius 3 is 3.05 bits per heavy atom. The van der Waals surface area contributed by atoms with Gasteiger partial charge in [0.25, 0.3) is 0 Å². The SMILES string of the molecule is COCCNCC1CCCN1c1ncccc1S(C)(=O)=O. The highest BCUT2D eigenvalue weighted by Crippen LogP contribution is 2.29. The lowest BCUT2D eigenvalue weighted by Gasteiger charge is -2.27. The van der Waals surface area contributed by atoms with Crippen LogP contribution in [0.5, 0.6) is 0 Å². The lowest BCUT2D eigenvalue weighted by molar-refractivity contribution is 0.199. The first-order valence-corrected chi connectivity index (χ1v) is 9.04. The smallest absolute Gasteiger partial charge is 0.179 e. The van der Waals surface area contributed by atoms with Crippen molar-refractivity contribution in [1.82, 2.24) is 10.3 Å². The Morgan fingerprint density at radius 1 is 1.52 bits per heavy atom. The van der Waals surface area contributed by atoms with Crippen LogP contribution in [0.1, 0.15) is 12.8 Å². The molecule has 2 heterocycles. The van der Waals surface area contributed by atoms with Crippen molar-refractivity contribution in [3.63, 3.8) is 0 Å². The van der Waals surface area contributed by atoms with Crippen molar-refractivity contribution in [3.8, 4) is 0 Å². The third-order valence-corrected chi connectivity index (χ3v) is 4.78. The van der Waals surface area contributed by atoms with Gasteiger partial charge in [-0.1, -0.05) is 0 Å². The van der Waals surface area contributed by atoms with Crippen LogP contribution in [0.4, 0.5) is 5.82 Å². The molecule has 2 rings (SSSR count). The molecule has 1 saturated heterocycles. The number of hydrogen-bond donors (Lipinski definition) is 1. The first-order valence-electron chi connectivity index (χ1n) is 7.15. The maximum absolute atomic E-state index is 11.9. The lowest BCUT2D eigenvalue weighted by atomic mass is 10.2. The minimum Gasteiger partial charge on any atom is -0.383 e. The van der Waals surface area contributed by atoms with E-state index in [0.29, 0.717) is 17.3 Å². The Labute approximate surface area is 126 Å². The number of hydrogen-bond acceptors (Lipinski definition) is 6. The van der Waals surface area contributed by atoms with Gasteiger partial charge in [-0.2, -0.15) is 0 Å². The van der Waals surface area contributed by atoms with Crippen LogP contribution in [0, 0.1) is 0 Å². The van der Waals surface area contributed by atoms with E-state index >= 15 is 0 Å². The molecule has 118 valence electrons. The summed E-state index contributed by atoms with van der Waals surface area (Å²) in [6, 6.07) is 3.57. The largest absolute Gasteiger partial charge is 0.383 e. The van der Waals surface area contributed by atoms with E-state index in [1.54, 1.807) is 25.4 Å². The average Bonchev–Trinajstić information content (AvgIpc) is 2.91. The molecular formula is C14H23N3O3S. The van der Waals surface area contributed by atoms with E-state index in [2.05, 4.69) is 15.2 Å². The minimum atomic E-state index is -3.27. The highest BCUT2D eigenvalue weighted by atomic mass is 32.2. The van der Waals surface area contributed by atoms with Crippen LogP contribution >= 0.6 is 0 Å². The van der Waals surface area contributed by atoms with E-state index in [9.17, 15) is 8.42 Å². The molecule has 1 fully saturated rings. The highest BCUT2D eigenvalue weighted by Gasteiger charge is 2.29. The Kier molecular flexibility index (Phi) is 5.55. The molecule has 0 amide bonds. The van der Waals surface area contributed by atoms with Crippen LogP contribution < -0.4 is 10.2 Å². The zero-order valence-electron chi connectivity index (χ0n) is 12.6. The molecule has 0 aromatic carbocycles. The number of sulfone groups is 1. The third kappa shape index (κ3) is 4.15. The van der Waals surface area contributed by atoms with Gasteiger partial charge in [-0.3, -0.25) is 0 Å². The van der Waals surface area contributed by atoms with Crippen molar-refractivity contribution in [1.29, 1.82) is 0 Å². The first kappa shape index (κ1) is 16.2. The standard InChI is InChI=1S/C14H23N3O3S/c1-20-10-8-15-11-12-5-4-9-17(12)14-13(21(2,18)19)6-3-7-16-14/h3,6-7,12,15H,4-5,8-11H2,1-2H3. The lowest BCUT2D eigenvalue weighted by Crippen LogP contribution is -2.40. The Hall–Kier alpha value is -1.18. The molecule has 1 unspecified atom stereocenters. The number of nitrogens with zero attached hydrogens (tertiary/aromatic N) is 2. The molecule has 6 nitrogen and oxygen atoms in total. The van der Waals surface area contributed by atoms with Crippen LogP contribution in [0.15, 0.2) is 23.2 Å². The molecule has 1 atom stereocenters. The summed E-state index contributed by atoms with van der Waals surface area (Å²) in [6.07, 6.45) is 4.98. The van der Waals surface area contributed by atoms with Gasteiger partial charge in [-0.15, -0.1) is 0 Å². The molecule has 1 N–H and O–H groups in total. The second kappa shape index (κ2) is 7.20. The summed E-state index contributed by atoms with van der Waals surface area (Å²) >= 11 is 0. The van der Waals surface area contributed by atoms with Gasteiger partial charge < -0.3 is 15.0 Å². The molecule has 1 aliphatic heterocycles. The summed E-state index contributed by atoms with van der Waals surface area (Å²) in [5, 5.41) is 3.34. The van der Waals surface area contributed by atoms with Gasteiger partial charge in [-0.25, -0.2) is 13.4 Å². The van der Waals surface area contributed by atoms with Crippen LogP contribution in [0.25, 0.3) is 0 Å². The predicted octanol–water partition coefficient (Wildman–Crippen LogP) is 0.690. The molecule has 0 bridgehead atoms. The fraction of sp³-hybridized carbons (Fsp3) is 0.643. The van der Waals surface area contributed by atoms with Crippen molar-refractivity contribution in [2.24, 2.45) is 0 Å². The maximum Gasteiger partial charge on any atom is 0.179 e. The van der Waals surface area contributed by atoms with Crippen molar-refractivity contribution in [2.45, 2.75) is 23.8 Å². The van der Waals surface area contributed by atoms with E-state index < -0.39 is 9.84 Å². The number of pyridine rings is 1. The molecule has 0 spiro atoms.